The molecule has 0 amide bonds. The van der Waals surface area contributed by atoms with Crippen LogP contribution in [-0.4, -0.2) is 28.9 Å². The second kappa shape index (κ2) is 9.91. The molecule has 4 aromatic rings. The van der Waals surface area contributed by atoms with Gasteiger partial charge in [-0.3, -0.25) is 4.79 Å². The lowest BCUT2D eigenvalue weighted by Crippen LogP contribution is -2.35. The first-order valence-corrected chi connectivity index (χ1v) is 12.0. The van der Waals surface area contributed by atoms with E-state index in [2.05, 4.69) is 29.4 Å². The Morgan fingerprint density at radius 1 is 1.06 bits per heavy atom. The van der Waals surface area contributed by atoms with Crippen molar-refractivity contribution >= 4 is 33.9 Å². The summed E-state index contributed by atoms with van der Waals surface area (Å²) in [6.45, 7) is 5.04. The summed E-state index contributed by atoms with van der Waals surface area (Å²) in [6, 6.07) is 19.5. The van der Waals surface area contributed by atoms with Crippen molar-refractivity contribution in [1.82, 2.24) is 9.88 Å². The number of anilines is 1. The Bertz CT molecular complexity index is 1510. The van der Waals surface area contributed by atoms with Crippen molar-refractivity contribution in [2.75, 3.05) is 19.2 Å². The van der Waals surface area contributed by atoms with E-state index in [0.29, 0.717) is 35.3 Å². The number of ether oxygens (including phenoxy) is 3. The van der Waals surface area contributed by atoms with E-state index in [1.54, 1.807) is 7.11 Å². The number of methoxy groups -OCH3 is 1. The first-order valence-electron chi connectivity index (χ1n) is 11.6. The van der Waals surface area contributed by atoms with Gasteiger partial charge < -0.3 is 29.4 Å². The van der Waals surface area contributed by atoms with Gasteiger partial charge >= 0.3 is 0 Å². The van der Waals surface area contributed by atoms with E-state index in [0.717, 1.165) is 39.0 Å². The van der Waals surface area contributed by atoms with Crippen molar-refractivity contribution < 1.29 is 14.2 Å². The Morgan fingerprint density at radius 2 is 1.86 bits per heavy atom. The Labute approximate surface area is 214 Å². The number of nitrogens with zero attached hydrogens (tertiary/aromatic N) is 1. The smallest absolute Gasteiger partial charge is 0.253 e. The predicted octanol–water partition coefficient (Wildman–Crippen LogP) is 5.28. The Kier molecular flexibility index (Phi) is 6.52. The summed E-state index contributed by atoms with van der Waals surface area (Å²) in [5.41, 5.74) is 5.25. The molecule has 5 rings (SSSR count). The van der Waals surface area contributed by atoms with Gasteiger partial charge in [-0.15, -0.1) is 0 Å². The monoisotopic (exact) mass is 501 g/mol. The fraction of sp³-hybridized carbons (Fsp3) is 0.214. The van der Waals surface area contributed by atoms with E-state index in [1.807, 2.05) is 60.4 Å². The number of pyridine rings is 1. The van der Waals surface area contributed by atoms with Crippen LogP contribution >= 0.6 is 12.2 Å². The van der Waals surface area contributed by atoms with E-state index < -0.39 is 0 Å². The molecule has 36 heavy (non-hydrogen) atoms. The maximum Gasteiger partial charge on any atom is 0.253 e. The number of rotatable bonds is 6. The topological polar surface area (TPSA) is 75.8 Å². The molecular formula is C28H27N3O4S. The lowest BCUT2D eigenvalue weighted by Gasteiger charge is -2.26. The van der Waals surface area contributed by atoms with Crippen LogP contribution in [0, 0.1) is 13.8 Å². The van der Waals surface area contributed by atoms with Gasteiger partial charge in [-0.25, -0.2) is 0 Å². The average Bonchev–Trinajstić information content (AvgIpc) is 3.33. The number of nitrogens with one attached hydrogen (secondary N) is 2. The number of fused-ring (bicyclic) bond motifs is 2. The van der Waals surface area contributed by atoms with Crippen LogP contribution in [0.4, 0.5) is 5.69 Å². The van der Waals surface area contributed by atoms with Gasteiger partial charge in [0.1, 0.15) is 5.75 Å². The highest BCUT2D eigenvalue weighted by Crippen LogP contribution is 2.33. The molecule has 2 N–H and O–H groups in total. The summed E-state index contributed by atoms with van der Waals surface area (Å²) >= 11 is 5.83. The van der Waals surface area contributed by atoms with Crippen molar-refractivity contribution in [2.24, 2.45) is 0 Å². The Morgan fingerprint density at radius 3 is 2.69 bits per heavy atom. The van der Waals surface area contributed by atoms with Crippen LogP contribution in [0.5, 0.6) is 17.2 Å². The Hall–Kier alpha value is -4.04. The van der Waals surface area contributed by atoms with Gasteiger partial charge in [-0.2, -0.15) is 0 Å². The fourth-order valence-electron chi connectivity index (χ4n) is 4.46. The minimum atomic E-state index is -0.134. The van der Waals surface area contributed by atoms with E-state index in [4.69, 9.17) is 26.4 Å². The number of aryl methyl sites for hydroxylation is 2. The summed E-state index contributed by atoms with van der Waals surface area (Å²) in [5, 5.41) is 4.76. The van der Waals surface area contributed by atoms with Crippen molar-refractivity contribution in [1.29, 1.82) is 0 Å². The van der Waals surface area contributed by atoms with E-state index in [1.165, 1.54) is 0 Å². The van der Waals surface area contributed by atoms with Gasteiger partial charge in [0.05, 0.1) is 24.9 Å². The standard InChI is InChI=1S/C28H27N3O4S/c1-17-10-18(2)26-20(11-17)13-21(27(32)30-26)15-31(14-19-8-9-24-25(12-19)35-16-34-24)28(36)29-22-6-4-5-7-23(22)33-3/h4-13H,14-16H2,1-3H3,(H,29,36)(H,30,32). The van der Waals surface area contributed by atoms with Crippen LogP contribution in [0.3, 0.4) is 0 Å². The lowest BCUT2D eigenvalue weighted by atomic mass is 10.0. The third-order valence-corrected chi connectivity index (χ3v) is 6.54. The van der Waals surface area contributed by atoms with E-state index in [9.17, 15) is 4.79 Å². The number of hydrogen-bond donors (Lipinski definition) is 2. The number of para-hydroxylation sites is 2. The molecule has 8 heteroatoms. The van der Waals surface area contributed by atoms with Crippen LogP contribution < -0.4 is 25.1 Å². The molecule has 0 saturated carbocycles. The van der Waals surface area contributed by atoms with Crippen LogP contribution in [0.15, 0.2) is 65.5 Å². The van der Waals surface area contributed by atoms with Crippen LogP contribution in [0.2, 0.25) is 0 Å². The average molecular weight is 502 g/mol. The molecule has 0 spiro atoms. The van der Waals surface area contributed by atoms with E-state index in [-0.39, 0.29) is 12.4 Å². The molecule has 1 aliphatic heterocycles. The van der Waals surface area contributed by atoms with Crippen LogP contribution in [0.1, 0.15) is 22.3 Å². The second-order valence-corrected chi connectivity index (χ2v) is 9.23. The summed E-state index contributed by atoms with van der Waals surface area (Å²) in [6.07, 6.45) is 0. The molecule has 0 atom stereocenters. The summed E-state index contributed by atoms with van der Waals surface area (Å²) in [4.78, 5) is 18.1. The maximum absolute atomic E-state index is 13.1. The zero-order valence-corrected chi connectivity index (χ0v) is 21.2. The van der Waals surface area contributed by atoms with Crippen molar-refractivity contribution in [3.05, 3.63) is 93.3 Å². The summed E-state index contributed by atoms with van der Waals surface area (Å²) in [5.74, 6) is 2.10. The van der Waals surface area contributed by atoms with Crippen LogP contribution in [0.25, 0.3) is 10.9 Å². The lowest BCUT2D eigenvalue weighted by molar-refractivity contribution is 0.174. The van der Waals surface area contributed by atoms with Gasteiger partial charge in [0.15, 0.2) is 16.6 Å². The molecule has 0 saturated heterocycles. The summed E-state index contributed by atoms with van der Waals surface area (Å²) in [7, 11) is 1.62. The quantitative estimate of drug-likeness (QED) is 0.348. The van der Waals surface area contributed by atoms with Crippen molar-refractivity contribution in [3.63, 3.8) is 0 Å². The molecule has 184 valence electrons. The zero-order valence-electron chi connectivity index (χ0n) is 20.4. The minimum absolute atomic E-state index is 0.134. The molecule has 1 aliphatic rings. The molecule has 0 fully saturated rings. The highest BCUT2D eigenvalue weighted by atomic mass is 32.1. The molecule has 0 bridgehead atoms. The third-order valence-electron chi connectivity index (χ3n) is 6.18. The second-order valence-electron chi connectivity index (χ2n) is 8.84. The summed E-state index contributed by atoms with van der Waals surface area (Å²) < 4.78 is 16.5. The van der Waals surface area contributed by atoms with Gasteiger partial charge in [0.25, 0.3) is 5.56 Å². The number of benzene rings is 3. The molecule has 7 nitrogen and oxygen atoms in total. The first-order chi connectivity index (χ1) is 17.4. The first kappa shape index (κ1) is 23.7. The molecule has 0 radical (unpaired) electrons. The Balaban J connectivity index is 1.49. The van der Waals surface area contributed by atoms with Crippen LogP contribution in [-0.2, 0) is 13.1 Å². The van der Waals surface area contributed by atoms with Crippen molar-refractivity contribution in [2.45, 2.75) is 26.9 Å². The van der Waals surface area contributed by atoms with Crippen molar-refractivity contribution in [3.8, 4) is 17.2 Å². The largest absolute Gasteiger partial charge is 0.495 e. The normalized spacial score (nSPS) is 12.0. The van der Waals surface area contributed by atoms with Gasteiger partial charge in [0.2, 0.25) is 6.79 Å². The minimum Gasteiger partial charge on any atom is -0.495 e. The number of hydrogen-bond acceptors (Lipinski definition) is 5. The zero-order chi connectivity index (χ0) is 25.2. The highest BCUT2D eigenvalue weighted by Gasteiger charge is 2.19. The fourth-order valence-corrected chi connectivity index (χ4v) is 4.70. The number of aromatic amines is 1. The highest BCUT2D eigenvalue weighted by molar-refractivity contribution is 7.80. The van der Waals surface area contributed by atoms with Gasteiger partial charge in [-0.1, -0.05) is 29.8 Å². The molecule has 0 aliphatic carbocycles. The molecular weight excluding hydrogens is 474 g/mol. The molecule has 1 aromatic heterocycles. The van der Waals surface area contributed by atoms with Gasteiger partial charge in [0, 0.05) is 12.1 Å². The van der Waals surface area contributed by atoms with E-state index >= 15 is 0 Å². The molecule has 0 unspecified atom stereocenters. The number of thiocarbonyl (C=S) groups is 1. The predicted molar refractivity (Wildman–Crippen MR) is 145 cm³/mol. The third kappa shape index (κ3) is 4.85. The molecule has 3 aromatic carbocycles. The number of aromatic nitrogens is 1. The SMILES string of the molecule is COc1ccccc1NC(=S)N(Cc1ccc2c(c1)OCO2)Cc1cc2cc(C)cc(C)c2[nH]c1=O. The van der Waals surface area contributed by atoms with Gasteiger partial charge in [-0.05, 0) is 79.0 Å². The maximum atomic E-state index is 13.1. The molecule has 2 heterocycles. The number of H-pyrrole nitrogens is 1.